The molecule has 1 atom stereocenters. The Balaban J connectivity index is 1.76. The molecule has 70 valence electrons. The summed E-state index contributed by atoms with van der Waals surface area (Å²) in [6.07, 6.45) is 0. The lowest BCUT2D eigenvalue weighted by molar-refractivity contribution is 0.128. The van der Waals surface area contributed by atoms with Gasteiger partial charge in [-0.1, -0.05) is 0 Å². The lowest BCUT2D eigenvalue weighted by Crippen LogP contribution is -2.55. The van der Waals surface area contributed by atoms with E-state index in [9.17, 15) is 0 Å². The lowest BCUT2D eigenvalue weighted by Gasteiger charge is -2.39. The summed E-state index contributed by atoms with van der Waals surface area (Å²) in [5.74, 6) is 0.922. The zero-order chi connectivity index (χ0) is 8.39. The summed E-state index contributed by atoms with van der Waals surface area (Å²) in [4.78, 5) is 2.61. The first-order valence-electron chi connectivity index (χ1n) is 5.02. The molecule has 2 fully saturated rings. The topological polar surface area (TPSA) is 27.3 Å². The van der Waals surface area contributed by atoms with Gasteiger partial charge in [-0.3, -0.25) is 4.90 Å². The monoisotopic (exact) mass is 169 g/mol. The average Bonchev–Trinajstić information content (AvgIpc) is 2.00. The molecule has 2 N–H and O–H groups in total. The van der Waals surface area contributed by atoms with Crippen molar-refractivity contribution in [3.8, 4) is 0 Å². The van der Waals surface area contributed by atoms with Crippen molar-refractivity contribution in [2.45, 2.75) is 13.0 Å². The summed E-state index contributed by atoms with van der Waals surface area (Å²) in [6.45, 7) is 9.66. The molecule has 0 amide bonds. The smallest absolute Gasteiger partial charge is 0.0193 e. The van der Waals surface area contributed by atoms with Gasteiger partial charge in [0.1, 0.15) is 0 Å². The predicted octanol–water partition coefficient (Wildman–Crippen LogP) is -0.500. The van der Waals surface area contributed by atoms with E-state index in [0.29, 0.717) is 0 Å². The summed E-state index contributed by atoms with van der Waals surface area (Å²) < 4.78 is 0. The SMILES string of the molecule is CC1CNCCN1CC1CNC1. The number of hydrogen-bond acceptors (Lipinski definition) is 3. The fourth-order valence-electron chi connectivity index (χ4n) is 1.96. The predicted molar refractivity (Wildman–Crippen MR) is 50.3 cm³/mol. The van der Waals surface area contributed by atoms with Gasteiger partial charge in [-0.25, -0.2) is 0 Å². The van der Waals surface area contributed by atoms with Gasteiger partial charge in [0.15, 0.2) is 0 Å². The van der Waals surface area contributed by atoms with Gasteiger partial charge in [0.2, 0.25) is 0 Å². The molecule has 3 heteroatoms. The van der Waals surface area contributed by atoms with Crippen molar-refractivity contribution in [3.05, 3.63) is 0 Å². The third-order valence-electron chi connectivity index (χ3n) is 3.00. The molecule has 0 radical (unpaired) electrons. The molecule has 2 rings (SSSR count). The highest BCUT2D eigenvalue weighted by atomic mass is 15.2. The van der Waals surface area contributed by atoms with Crippen molar-refractivity contribution >= 4 is 0 Å². The summed E-state index contributed by atoms with van der Waals surface area (Å²) in [5, 5.41) is 6.74. The molecular weight excluding hydrogens is 150 g/mol. The second-order valence-electron chi connectivity index (χ2n) is 4.07. The molecule has 0 aliphatic carbocycles. The minimum absolute atomic E-state index is 0.736. The van der Waals surface area contributed by atoms with Crippen LogP contribution >= 0.6 is 0 Å². The van der Waals surface area contributed by atoms with E-state index >= 15 is 0 Å². The van der Waals surface area contributed by atoms with Crippen LogP contribution < -0.4 is 10.6 Å². The zero-order valence-corrected chi connectivity index (χ0v) is 7.84. The van der Waals surface area contributed by atoms with Crippen LogP contribution in [-0.4, -0.2) is 50.2 Å². The van der Waals surface area contributed by atoms with Crippen LogP contribution in [0.25, 0.3) is 0 Å². The van der Waals surface area contributed by atoms with Crippen molar-refractivity contribution in [2.24, 2.45) is 5.92 Å². The second kappa shape index (κ2) is 3.73. The van der Waals surface area contributed by atoms with Gasteiger partial charge in [0.05, 0.1) is 0 Å². The maximum absolute atomic E-state index is 3.42. The van der Waals surface area contributed by atoms with Gasteiger partial charge < -0.3 is 10.6 Å². The van der Waals surface area contributed by atoms with Crippen LogP contribution in [0, 0.1) is 5.92 Å². The molecule has 2 saturated heterocycles. The molecule has 0 aromatic heterocycles. The van der Waals surface area contributed by atoms with Crippen molar-refractivity contribution < 1.29 is 0 Å². The van der Waals surface area contributed by atoms with Gasteiger partial charge in [-0.05, 0) is 12.8 Å². The molecule has 2 heterocycles. The number of nitrogens with one attached hydrogen (secondary N) is 2. The van der Waals surface area contributed by atoms with Crippen LogP contribution in [0.4, 0.5) is 0 Å². The van der Waals surface area contributed by atoms with Crippen LogP contribution in [0.3, 0.4) is 0 Å². The first kappa shape index (κ1) is 8.48. The summed E-state index contributed by atoms with van der Waals surface area (Å²) in [6, 6.07) is 0.736. The van der Waals surface area contributed by atoms with E-state index in [1.165, 1.54) is 39.3 Å². The van der Waals surface area contributed by atoms with Crippen LogP contribution in [0.2, 0.25) is 0 Å². The summed E-state index contributed by atoms with van der Waals surface area (Å²) in [5.41, 5.74) is 0. The van der Waals surface area contributed by atoms with Crippen LogP contribution in [0.5, 0.6) is 0 Å². The number of nitrogens with zero attached hydrogens (tertiary/aromatic N) is 1. The van der Waals surface area contributed by atoms with Crippen LogP contribution in [0.1, 0.15) is 6.92 Å². The third-order valence-corrected chi connectivity index (χ3v) is 3.00. The van der Waals surface area contributed by atoms with E-state index in [1.54, 1.807) is 0 Å². The normalized spacial score (nSPS) is 33.2. The quantitative estimate of drug-likeness (QED) is 0.583. The molecule has 0 saturated carbocycles. The Bertz CT molecular complexity index is 145. The maximum atomic E-state index is 3.42. The van der Waals surface area contributed by atoms with Gasteiger partial charge in [0.25, 0.3) is 0 Å². The molecule has 0 spiro atoms. The molecule has 0 aromatic carbocycles. The molecule has 2 aliphatic rings. The Labute approximate surface area is 74.5 Å². The van der Waals surface area contributed by atoms with Crippen LogP contribution in [0.15, 0.2) is 0 Å². The minimum Gasteiger partial charge on any atom is -0.316 e. The summed E-state index contributed by atoms with van der Waals surface area (Å²) in [7, 11) is 0. The maximum Gasteiger partial charge on any atom is 0.0193 e. The van der Waals surface area contributed by atoms with Crippen molar-refractivity contribution in [3.63, 3.8) is 0 Å². The Morgan fingerprint density at radius 2 is 2.08 bits per heavy atom. The number of rotatable bonds is 2. The molecule has 2 aliphatic heterocycles. The van der Waals surface area contributed by atoms with Gasteiger partial charge in [-0.2, -0.15) is 0 Å². The third kappa shape index (κ3) is 1.79. The average molecular weight is 169 g/mol. The second-order valence-corrected chi connectivity index (χ2v) is 4.07. The molecule has 12 heavy (non-hydrogen) atoms. The minimum atomic E-state index is 0.736. The van der Waals surface area contributed by atoms with Crippen LogP contribution in [-0.2, 0) is 0 Å². The van der Waals surface area contributed by atoms with Gasteiger partial charge in [-0.15, -0.1) is 0 Å². The lowest BCUT2D eigenvalue weighted by atomic mass is 10.0. The number of piperazine rings is 1. The molecule has 1 unspecified atom stereocenters. The van der Waals surface area contributed by atoms with Crippen molar-refractivity contribution in [2.75, 3.05) is 39.3 Å². The van der Waals surface area contributed by atoms with Gasteiger partial charge >= 0.3 is 0 Å². The standard InChI is InChI=1S/C9H19N3/c1-8-4-10-2-3-12(8)7-9-5-11-6-9/h8-11H,2-7H2,1H3. The van der Waals surface area contributed by atoms with Crippen molar-refractivity contribution in [1.82, 2.24) is 15.5 Å². The molecular formula is C9H19N3. The first-order valence-corrected chi connectivity index (χ1v) is 5.02. The molecule has 3 nitrogen and oxygen atoms in total. The van der Waals surface area contributed by atoms with E-state index < -0.39 is 0 Å². The van der Waals surface area contributed by atoms with E-state index in [4.69, 9.17) is 0 Å². The highest BCUT2D eigenvalue weighted by Gasteiger charge is 2.24. The Kier molecular flexibility index (Phi) is 2.63. The van der Waals surface area contributed by atoms with Gasteiger partial charge in [0, 0.05) is 45.3 Å². The first-order chi connectivity index (χ1) is 5.86. The fraction of sp³-hybridized carbons (Fsp3) is 1.00. The summed E-state index contributed by atoms with van der Waals surface area (Å²) >= 11 is 0. The Morgan fingerprint density at radius 3 is 2.67 bits per heavy atom. The van der Waals surface area contributed by atoms with E-state index in [0.717, 1.165) is 12.0 Å². The van der Waals surface area contributed by atoms with E-state index in [2.05, 4.69) is 22.5 Å². The number of hydrogen-bond donors (Lipinski definition) is 2. The van der Waals surface area contributed by atoms with E-state index in [1.807, 2.05) is 0 Å². The van der Waals surface area contributed by atoms with E-state index in [-0.39, 0.29) is 0 Å². The fourth-order valence-corrected chi connectivity index (χ4v) is 1.96. The molecule has 0 bridgehead atoms. The Hall–Kier alpha value is -0.120. The van der Waals surface area contributed by atoms with Crippen molar-refractivity contribution in [1.29, 1.82) is 0 Å². The highest BCUT2D eigenvalue weighted by Crippen LogP contribution is 2.10. The highest BCUT2D eigenvalue weighted by molar-refractivity contribution is 4.83. The largest absolute Gasteiger partial charge is 0.316 e. The zero-order valence-electron chi connectivity index (χ0n) is 7.84. The Morgan fingerprint density at radius 1 is 1.25 bits per heavy atom. The molecule has 0 aromatic rings.